The van der Waals surface area contributed by atoms with Crippen molar-refractivity contribution in [2.24, 2.45) is 0 Å². The Hall–Kier alpha value is -2.83. The molecule has 0 radical (unpaired) electrons. The summed E-state index contributed by atoms with van der Waals surface area (Å²) < 4.78 is 10.6. The van der Waals surface area contributed by atoms with Crippen LogP contribution < -0.4 is 19.7 Å². The highest BCUT2D eigenvalue weighted by Gasteiger charge is 2.23. The fourth-order valence-electron chi connectivity index (χ4n) is 3.73. The fraction of sp³-hybridized carbons (Fsp3) is 0.500. The topological polar surface area (TPSA) is 76.6 Å². The van der Waals surface area contributed by atoms with E-state index in [0.717, 1.165) is 30.9 Å². The SMILES string of the molecule is CCC1CCCCN1c1ncc(C(=O)NCCc2ccc(OC)c(OC)c2)cn1. The molecule has 1 amide bonds. The van der Waals surface area contributed by atoms with E-state index in [1.165, 1.54) is 12.8 Å². The van der Waals surface area contributed by atoms with E-state index >= 15 is 0 Å². The molecule has 1 fully saturated rings. The molecule has 1 aromatic heterocycles. The van der Waals surface area contributed by atoms with Gasteiger partial charge in [-0.3, -0.25) is 4.79 Å². The number of amides is 1. The second-order valence-corrected chi connectivity index (χ2v) is 7.22. The summed E-state index contributed by atoms with van der Waals surface area (Å²) in [5, 5.41) is 2.93. The molecule has 2 aromatic rings. The maximum absolute atomic E-state index is 12.4. The van der Waals surface area contributed by atoms with Gasteiger partial charge in [-0.1, -0.05) is 13.0 Å². The van der Waals surface area contributed by atoms with Gasteiger partial charge in [0.25, 0.3) is 5.91 Å². The number of benzene rings is 1. The third kappa shape index (κ3) is 5.16. The van der Waals surface area contributed by atoms with Gasteiger partial charge in [0.15, 0.2) is 11.5 Å². The van der Waals surface area contributed by atoms with E-state index in [2.05, 4.69) is 27.1 Å². The van der Waals surface area contributed by atoms with E-state index in [0.29, 0.717) is 36.1 Å². The number of carbonyl (C=O) groups is 1. The number of nitrogens with zero attached hydrogens (tertiary/aromatic N) is 3. The number of carbonyl (C=O) groups excluding carboxylic acids is 1. The third-order valence-electron chi connectivity index (χ3n) is 5.40. The van der Waals surface area contributed by atoms with Gasteiger partial charge < -0.3 is 19.7 Å². The van der Waals surface area contributed by atoms with Crippen molar-refractivity contribution < 1.29 is 14.3 Å². The van der Waals surface area contributed by atoms with E-state index in [9.17, 15) is 4.79 Å². The highest BCUT2D eigenvalue weighted by molar-refractivity contribution is 5.93. The van der Waals surface area contributed by atoms with Gasteiger partial charge in [0.05, 0.1) is 19.8 Å². The van der Waals surface area contributed by atoms with Gasteiger partial charge in [0, 0.05) is 31.5 Å². The Morgan fingerprint density at radius 2 is 1.93 bits per heavy atom. The first-order valence-corrected chi connectivity index (χ1v) is 10.2. The van der Waals surface area contributed by atoms with E-state index in [4.69, 9.17) is 9.47 Å². The summed E-state index contributed by atoms with van der Waals surface area (Å²) in [5.41, 5.74) is 1.54. The van der Waals surface area contributed by atoms with Crippen molar-refractivity contribution in [2.45, 2.75) is 45.1 Å². The lowest BCUT2D eigenvalue weighted by molar-refractivity contribution is 0.0953. The summed E-state index contributed by atoms with van der Waals surface area (Å²) in [6.45, 7) is 3.69. The van der Waals surface area contributed by atoms with Crippen molar-refractivity contribution in [3.05, 3.63) is 41.7 Å². The second-order valence-electron chi connectivity index (χ2n) is 7.22. The van der Waals surface area contributed by atoms with Gasteiger partial charge in [-0.05, 0) is 49.8 Å². The second kappa shape index (κ2) is 10.1. The number of ether oxygens (including phenoxy) is 2. The molecule has 1 unspecified atom stereocenters. The summed E-state index contributed by atoms with van der Waals surface area (Å²) in [5.74, 6) is 1.93. The predicted octanol–water partition coefficient (Wildman–Crippen LogP) is 3.24. The number of aromatic nitrogens is 2. The zero-order chi connectivity index (χ0) is 20.6. The quantitative estimate of drug-likeness (QED) is 0.736. The number of methoxy groups -OCH3 is 2. The average molecular weight is 399 g/mol. The van der Waals surface area contributed by atoms with Crippen LogP contribution in [0.4, 0.5) is 5.95 Å². The van der Waals surface area contributed by atoms with Gasteiger partial charge in [0.1, 0.15) is 0 Å². The standard InChI is InChI=1S/C22H30N4O3/c1-4-18-7-5-6-12-26(18)22-24-14-17(15-25-22)21(27)23-11-10-16-8-9-19(28-2)20(13-16)29-3/h8-9,13-15,18H,4-7,10-12H2,1-3H3,(H,23,27). The molecular formula is C22H30N4O3. The third-order valence-corrected chi connectivity index (χ3v) is 5.40. The lowest BCUT2D eigenvalue weighted by Crippen LogP contribution is -2.40. The maximum atomic E-state index is 12.4. The smallest absolute Gasteiger partial charge is 0.254 e. The van der Waals surface area contributed by atoms with Crippen molar-refractivity contribution in [3.8, 4) is 11.5 Å². The minimum Gasteiger partial charge on any atom is -0.493 e. The molecule has 7 heteroatoms. The minimum atomic E-state index is -0.164. The lowest BCUT2D eigenvalue weighted by Gasteiger charge is -2.35. The van der Waals surface area contributed by atoms with Crippen molar-refractivity contribution in [1.29, 1.82) is 0 Å². The summed E-state index contributed by atoms with van der Waals surface area (Å²) in [6, 6.07) is 6.25. The Labute approximate surface area is 172 Å². The molecule has 7 nitrogen and oxygen atoms in total. The Kier molecular flexibility index (Phi) is 7.27. The monoisotopic (exact) mass is 398 g/mol. The van der Waals surface area contributed by atoms with Crippen LogP contribution in [0.3, 0.4) is 0 Å². The number of nitrogens with one attached hydrogen (secondary N) is 1. The van der Waals surface area contributed by atoms with Gasteiger partial charge >= 0.3 is 0 Å². The number of hydrogen-bond acceptors (Lipinski definition) is 6. The first kappa shape index (κ1) is 20.9. The molecule has 3 rings (SSSR count). The summed E-state index contributed by atoms with van der Waals surface area (Å²) >= 11 is 0. The van der Waals surface area contributed by atoms with E-state index in [1.54, 1.807) is 26.6 Å². The largest absolute Gasteiger partial charge is 0.493 e. The van der Waals surface area contributed by atoms with Gasteiger partial charge in [-0.25, -0.2) is 9.97 Å². The van der Waals surface area contributed by atoms with Crippen molar-refractivity contribution >= 4 is 11.9 Å². The van der Waals surface area contributed by atoms with Crippen LogP contribution in [0.1, 0.15) is 48.5 Å². The van der Waals surface area contributed by atoms with Crippen molar-refractivity contribution in [1.82, 2.24) is 15.3 Å². The zero-order valence-electron chi connectivity index (χ0n) is 17.5. The number of piperidine rings is 1. The van der Waals surface area contributed by atoms with E-state index in [1.807, 2.05) is 18.2 Å². The number of hydrogen-bond donors (Lipinski definition) is 1. The van der Waals surface area contributed by atoms with Crippen LogP contribution in [0.15, 0.2) is 30.6 Å². The van der Waals surface area contributed by atoms with Crippen LogP contribution in [0.25, 0.3) is 0 Å². The summed E-state index contributed by atoms with van der Waals surface area (Å²) in [4.78, 5) is 23.6. The Balaban J connectivity index is 1.54. The molecular weight excluding hydrogens is 368 g/mol. The summed E-state index contributed by atoms with van der Waals surface area (Å²) in [7, 11) is 3.22. The predicted molar refractivity (Wildman–Crippen MR) is 113 cm³/mol. The highest BCUT2D eigenvalue weighted by Crippen LogP contribution is 2.27. The highest BCUT2D eigenvalue weighted by atomic mass is 16.5. The molecule has 0 aliphatic carbocycles. The van der Waals surface area contributed by atoms with Crippen LogP contribution in [0.5, 0.6) is 11.5 Å². The molecule has 2 heterocycles. The van der Waals surface area contributed by atoms with Crippen molar-refractivity contribution in [3.63, 3.8) is 0 Å². The fourth-order valence-corrected chi connectivity index (χ4v) is 3.73. The Bertz CT molecular complexity index is 810. The number of rotatable bonds is 8. The molecule has 0 saturated carbocycles. The Morgan fingerprint density at radius 1 is 1.17 bits per heavy atom. The molecule has 156 valence electrons. The van der Waals surface area contributed by atoms with Gasteiger partial charge in [-0.2, -0.15) is 0 Å². The molecule has 1 saturated heterocycles. The Morgan fingerprint density at radius 3 is 2.62 bits per heavy atom. The molecule has 1 aliphatic heterocycles. The first-order valence-electron chi connectivity index (χ1n) is 10.2. The first-order chi connectivity index (χ1) is 14.2. The van der Waals surface area contributed by atoms with Crippen LogP contribution in [0, 0.1) is 0 Å². The molecule has 1 atom stereocenters. The summed E-state index contributed by atoms with van der Waals surface area (Å²) in [6.07, 6.45) is 8.62. The normalized spacial score (nSPS) is 16.4. The zero-order valence-corrected chi connectivity index (χ0v) is 17.5. The number of anilines is 1. The van der Waals surface area contributed by atoms with Crippen LogP contribution in [-0.2, 0) is 6.42 Å². The molecule has 0 spiro atoms. The van der Waals surface area contributed by atoms with Crippen LogP contribution in [-0.4, -0.2) is 49.2 Å². The average Bonchev–Trinajstić information content (AvgIpc) is 2.78. The van der Waals surface area contributed by atoms with Gasteiger partial charge in [0.2, 0.25) is 5.95 Å². The molecule has 1 aliphatic rings. The van der Waals surface area contributed by atoms with E-state index < -0.39 is 0 Å². The molecule has 29 heavy (non-hydrogen) atoms. The van der Waals surface area contributed by atoms with Gasteiger partial charge in [-0.15, -0.1) is 0 Å². The van der Waals surface area contributed by atoms with Crippen molar-refractivity contribution in [2.75, 3.05) is 32.2 Å². The molecule has 1 N–H and O–H groups in total. The lowest BCUT2D eigenvalue weighted by atomic mass is 10.0. The molecule has 0 bridgehead atoms. The van der Waals surface area contributed by atoms with Crippen LogP contribution in [0.2, 0.25) is 0 Å². The minimum absolute atomic E-state index is 0.164. The molecule has 1 aromatic carbocycles. The van der Waals surface area contributed by atoms with Crippen LogP contribution >= 0.6 is 0 Å². The maximum Gasteiger partial charge on any atom is 0.254 e. The van der Waals surface area contributed by atoms with E-state index in [-0.39, 0.29) is 5.91 Å².